The summed E-state index contributed by atoms with van der Waals surface area (Å²) in [7, 11) is -3.51. The summed E-state index contributed by atoms with van der Waals surface area (Å²) < 4.78 is 27.4. The number of carbonyl (C=O) groups is 1. The Morgan fingerprint density at radius 3 is 2.75 bits per heavy atom. The fourth-order valence-electron chi connectivity index (χ4n) is 4.70. The molecular formula is C24H22N2O4S2. The van der Waals surface area contributed by atoms with Crippen molar-refractivity contribution in [3.05, 3.63) is 60.4 Å². The van der Waals surface area contributed by atoms with Gasteiger partial charge in [0, 0.05) is 40.4 Å². The van der Waals surface area contributed by atoms with E-state index in [2.05, 4.69) is 4.98 Å². The van der Waals surface area contributed by atoms with Gasteiger partial charge in [-0.2, -0.15) is 0 Å². The number of fused-ring (bicyclic) bond motifs is 4. The van der Waals surface area contributed by atoms with Crippen molar-refractivity contribution in [1.82, 2.24) is 9.55 Å². The Kier molecular flexibility index (Phi) is 5.22. The van der Waals surface area contributed by atoms with Crippen LogP contribution in [0.2, 0.25) is 0 Å². The van der Waals surface area contributed by atoms with Gasteiger partial charge in [-0.1, -0.05) is 48.2 Å². The van der Waals surface area contributed by atoms with Crippen molar-refractivity contribution in [1.29, 1.82) is 0 Å². The van der Waals surface area contributed by atoms with Crippen molar-refractivity contribution in [2.75, 3.05) is 6.26 Å². The average molecular weight is 467 g/mol. The highest BCUT2D eigenvalue weighted by Gasteiger charge is 2.32. The summed E-state index contributed by atoms with van der Waals surface area (Å²) in [6, 6.07) is 15.7. The van der Waals surface area contributed by atoms with Crippen LogP contribution in [0, 0.1) is 0 Å². The van der Waals surface area contributed by atoms with Gasteiger partial charge >= 0.3 is 5.97 Å². The van der Waals surface area contributed by atoms with Crippen LogP contribution in [0.15, 0.2) is 69.4 Å². The standard InChI is InChI=1S/C24H22N2O4S2/c1-32(29,30)19-11-12-25-24-21(19)23(22-16(14-20(27)28)8-5-13-26(22)24)31-18-10-4-7-15-6-2-3-9-17(15)18/h2-4,6-7,9-12,16H,5,8,13-14H2,1H3,(H,27,28). The Labute approximate surface area is 190 Å². The number of carboxylic acids is 1. The van der Waals surface area contributed by atoms with Crippen LogP contribution in [0.4, 0.5) is 0 Å². The minimum Gasteiger partial charge on any atom is -0.481 e. The maximum absolute atomic E-state index is 12.7. The highest BCUT2D eigenvalue weighted by Crippen LogP contribution is 2.48. The second-order valence-electron chi connectivity index (χ2n) is 8.16. The molecule has 0 amide bonds. The van der Waals surface area contributed by atoms with Gasteiger partial charge in [-0.25, -0.2) is 13.4 Å². The third-order valence-corrected chi connectivity index (χ3v) is 8.33. The first-order valence-electron chi connectivity index (χ1n) is 10.4. The molecule has 4 aromatic rings. The highest BCUT2D eigenvalue weighted by atomic mass is 32.2. The second-order valence-corrected chi connectivity index (χ2v) is 11.2. The van der Waals surface area contributed by atoms with Gasteiger partial charge in [0.15, 0.2) is 9.84 Å². The fraction of sp³-hybridized carbons (Fsp3) is 0.250. The zero-order valence-electron chi connectivity index (χ0n) is 17.5. The average Bonchev–Trinajstić information content (AvgIpc) is 3.08. The number of carboxylic acid groups (broad SMARTS) is 1. The maximum atomic E-state index is 12.7. The van der Waals surface area contributed by atoms with Gasteiger partial charge in [0.25, 0.3) is 0 Å². The van der Waals surface area contributed by atoms with E-state index in [4.69, 9.17) is 0 Å². The number of benzene rings is 2. The van der Waals surface area contributed by atoms with Gasteiger partial charge in [-0.3, -0.25) is 4.79 Å². The van der Waals surface area contributed by atoms with Gasteiger partial charge in [0.2, 0.25) is 0 Å². The van der Waals surface area contributed by atoms with E-state index < -0.39 is 15.8 Å². The van der Waals surface area contributed by atoms with E-state index in [9.17, 15) is 18.3 Å². The maximum Gasteiger partial charge on any atom is 0.304 e. The van der Waals surface area contributed by atoms with Crippen LogP contribution in [0.25, 0.3) is 21.8 Å². The Hall–Kier alpha value is -2.84. The Morgan fingerprint density at radius 1 is 1.19 bits per heavy atom. The molecule has 2 aromatic heterocycles. The van der Waals surface area contributed by atoms with Crippen molar-refractivity contribution < 1.29 is 18.3 Å². The quantitative estimate of drug-likeness (QED) is 0.440. The summed E-state index contributed by atoms with van der Waals surface area (Å²) in [6.45, 7) is 0.693. The number of aromatic nitrogens is 2. The lowest BCUT2D eigenvalue weighted by atomic mass is 9.93. The molecule has 32 heavy (non-hydrogen) atoms. The van der Waals surface area contributed by atoms with Crippen molar-refractivity contribution in [2.45, 2.75) is 46.4 Å². The van der Waals surface area contributed by atoms with E-state index in [-0.39, 0.29) is 17.2 Å². The molecule has 1 unspecified atom stereocenters. The van der Waals surface area contributed by atoms with Gasteiger partial charge in [0.1, 0.15) is 5.65 Å². The Bertz CT molecular complexity index is 1470. The normalized spacial score (nSPS) is 16.3. The number of pyridine rings is 1. The summed E-state index contributed by atoms with van der Waals surface area (Å²) >= 11 is 1.51. The molecule has 2 aromatic carbocycles. The number of rotatable bonds is 5. The lowest BCUT2D eigenvalue weighted by molar-refractivity contribution is -0.137. The molecule has 0 radical (unpaired) electrons. The lowest BCUT2D eigenvalue weighted by Gasteiger charge is -2.25. The molecule has 0 bridgehead atoms. The summed E-state index contributed by atoms with van der Waals surface area (Å²) in [6.07, 6.45) is 4.32. The topological polar surface area (TPSA) is 89.3 Å². The molecule has 0 aliphatic carbocycles. The minimum absolute atomic E-state index is 0.00757. The third-order valence-electron chi connectivity index (χ3n) is 6.00. The van der Waals surface area contributed by atoms with E-state index in [1.807, 2.05) is 47.0 Å². The predicted octanol–water partition coefficient (Wildman–Crippen LogP) is 5.10. The zero-order valence-corrected chi connectivity index (χ0v) is 19.1. The predicted molar refractivity (Wildman–Crippen MR) is 125 cm³/mol. The minimum atomic E-state index is -3.51. The summed E-state index contributed by atoms with van der Waals surface area (Å²) in [5, 5.41) is 12.3. The molecular weight excluding hydrogens is 444 g/mol. The Balaban J connectivity index is 1.82. The van der Waals surface area contributed by atoms with E-state index in [1.54, 1.807) is 6.07 Å². The molecule has 0 saturated heterocycles. The summed E-state index contributed by atoms with van der Waals surface area (Å²) in [5.74, 6) is -1.05. The molecule has 5 rings (SSSR count). The first-order valence-corrected chi connectivity index (χ1v) is 13.1. The van der Waals surface area contributed by atoms with Crippen LogP contribution in [-0.4, -0.2) is 35.3 Å². The van der Waals surface area contributed by atoms with E-state index in [0.29, 0.717) is 17.6 Å². The fourth-order valence-corrected chi connectivity index (χ4v) is 6.98. The molecule has 1 atom stereocenters. The number of aryl methyl sites for hydroxylation is 1. The molecule has 1 aliphatic heterocycles. The molecule has 0 fully saturated rings. The largest absolute Gasteiger partial charge is 0.481 e. The SMILES string of the molecule is CS(=O)(=O)c1ccnc2c1c(Sc1cccc3ccccc13)c1n2CCCC1CC(=O)O. The summed E-state index contributed by atoms with van der Waals surface area (Å²) in [5.41, 5.74) is 1.50. The van der Waals surface area contributed by atoms with E-state index >= 15 is 0 Å². The highest BCUT2D eigenvalue weighted by molar-refractivity contribution is 8.00. The number of hydrogen-bond acceptors (Lipinski definition) is 5. The first-order chi connectivity index (χ1) is 15.3. The molecule has 0 spiro atoms. The number of sulfone groups is 1. The zero-order chi connectivity index (χ0) is 22.5. The van der Waals surface area contributed by atoms with Crippen molar-refractivity contribution >= 4 is 49.4 Å². The molecule has 3 heterocycles. The van der Waals surface area contributed by atoms with Gasteiger partial charge in [-0.05, 0) is 35.7 Å². The van der Waals surface area contributed by atoms with Gasteiger partial charge in [0.05, 0.1) is 16.7 Å². The molecule has 8 heteroatoms. The molecule has 164 valence electrons. The van der Waals surface area contributed by atoms with Crippen LogP contribution in [0.3, 0.4) is 0 Å². The molecule has 1 N–H and O–H groups in total. The number of nitrogens with zero attached hydrogens (tertiary/aromatic N) is 2. The van der Waals surface area contributed by atoms with Crippen LogP contribution in [0.1, 0.15) is 30.9 Å². The van der Waals surface area contributed by atoms with E-state index in [0.717, 1.165) is 39.1 Å². The number of aliphatic carboxylic acids is 1. The van der Waals surface area contributed by atoms with Crippen LogP contribution in [-0.2, 0) is 21.2 Å². The van der Waals surface area contributed by atoms with Crippen LogP contribution >= 0.6 is 11.8 Å². The molecule has 1 aliphatic rings. The van der Waals surface area contributed by atoms with Crippen molar-refractivity contribution in [2.24, 2.45) is 0 Å². The summed E-state index contributed by atoms with van der Waals surface area (Å²) in [4.78, 5) is 18.2. The Morgan fingerprint density at radius 2 is 1.97 bits per heavy atom. The monoisotopic (exact) mass is 466 g/mol. The second kappa shape index (κ2) is 7.94. The first kappa shape index (κ1) is 21.0. The van der Waals surface area contributed by atoms with Crippen LogP contribution < -0.4 is 0 Å². The van der Waals surface area contributed by atoms with Crippen molar-refractivity contribution in [3.63, 3.8) is 0 Å². The molecule has 6 nitrogen and oxygen atoms in total. The van der Waals surface area contributed by atoms with Gasteiger partial charge < -0.3 is 9.67 Å². The number of hydrogen-bond donors (Lipinski definition) is 1. The molecule has 0 saturated carbocycles. The lowest BCUT2D eigenvalue weighted by Crippen LogP contribution is -2.18. The van der Waals surface area contributed by atoms with Crippen molar-refractivity contribution in [3.8, 4) is 0 Å². The van der Waals surface area contributed by atoms with Gasteiger partial charge in [-0.15, -0.1) is 0 Å². The van der Waals surface area contributed by atoms with E-state index in [1.165, 1.54) is 24.2 Å². The third kappa shape index (κ3) is 3.57. The van der Waals surface area contributed by atoms with Crippen LogP contribution in [0.5, 0.6) is 0 Å². The smallest absolute Gasteiger partial charge is 0.304 e.